The Morgan fingerprint density at radius 2 is 1.46 bits per heavy atom. The molecule has 9 nitrogen and oxygen atoms in total. The van der Waals surface area contributed by atoms with Crippen LogP contribution in [0.2, 0.25) is 0 Å². The standard InChI is InChI=1S/C43H51N5O4/c1-28(2)36-5-3-4-31-25-35(49)11-13-37(31)41(36)30-6-8-33(9-7-30)46-18-16-29(17-19-46)26-45-20-22-47(23-21-45)34-10-12-38-32(24-34)27-48(43(38)52)39-14-15-40(50)44-42(39)51/h6-13,24-25,28-29,39,49H,3-5,14-23,26-27H2,1-2H3,(H,44,50,51)/t39-/m0/s1. The Balaban J connectivity index is 0.839. The Morgan fingerprint density at radius 1 is 0.750 bits per heavy atom. The van der Waals surface area contributed by atoms with E-state index < -0.39 is 6.04 Å². The van der Waals surface area contributed by atoms with Crippen LogP contribution in [-0.4, -0.2) is 84.5 Å². The van der Waals surface area contributed by atoms with Gasteiger partial charge in [0.1, 0.15) is 11.8 Å². The third-order valence-electron chi connectivity index (χ3n) is 12.2. The second-order valence-electron chi connectivity index (χ2n) is 15.8. The zero-order valence-corrected chi connectivity index (χ0v) is 30.6. The predicted octanol–water partition coefficient (Wildman–Crippen LogP) is 5.99. The van der Waals surface area contributed by atoms with E-state index in [0.717, 1.165) is 76.3 Å². The number of phenolic OH excluding ortho intramolecular Hbond substituents is 1. The lowest BCUT2D eigenvalue weighted by Gasteiger charge is -2.40. The molecule has 3 aromatic carbocycles. The van der Waals surface area contributed by atoms with Gasteiger partial charge < -0.3 is 19.8 Å². The summed E-state index contributed by atoms with van der Waals surface area (Å²) in [6.07, 6.45) is 6.25. The molecule has 3 aromatic rings. The average Bonchev–Trinajstić information content (AvgIpc) is 3.34. The number of aryl methyl sites for hydroxylation is 1. The van der Waals surface area contributed by atoms with Crippen molar-refractivity contribution in [2.24, 2.45) is 11.8 Å². The minimum absolute atomic E-state index is 0.120. The number of piperidine rings is 2. The van der Waals surface area contributed by atoms with Gasteiger partial charge in [-0.25, -0.2) is 0 Å². The molecule has 0 radical (unpaired) electrons. The molecule has 1 aliphatic carbocycles. The maximum Gasteiger partial charge on any atom is 0.255 e. The highest BCUT2D eigenvalue weighted by Crippen LogP contribution is 2.40. The van der Waals surface area contributed by atoms with E-state index in [9.17, 15) is 19.5 Å². The number of rotatable bonds is 7. The molecule has 52 heavy (non-hydrogen) atoms. The maximum absolute atomic E-state index is 13.1. The van der Waals surface area contributed by atoms with Crippen molar-refractivity contribution in [3.05, 3.63) is 94.1 Å². The van der Waals surface area contributed by atoms with Crippen LogP contribution in [0.1, 0.15) is 85.0 Å². The van der Waals surface area contributed by atoms with Crippen LogP contribution in [0, 0.1) is 11.8 Å². The van der Waals surface area contributed by atoms with Gasteiger partial charge in [0.05, 0.1) is 0 Å². The molecule has 272 valence electrons. The van der Waals surface area contributed by atoms with Crippen molar-refractivity contribution in [1.29, 1.82) is 0 Å². The predicted molar refractivity (Wildman–Crippen MR) is 204 cm³/mol. The Bertz CT molecular complexity index is 1890. The van der Waals surface area contributed by atoms with Crippen molar-refractivity contribution in [3.8, 4) is 5.75 Å². The Kier molecular flexibility index (Phi) is 9.55. The van der Waals surface area contributed by atoms with Crippen LogP contribution < -0.4 is 15.1 Å². The molecular weight excluding hydrogens is 651 g/mol. The molecule has 3 amide bonds. The summed E-state index contributed by atoms with van der Waals surface area (Å²) in [4.78, 5) is 46.4. The minimum Gasteiger partial charge on any atom is -0.508 e. The van der Waals surface area contributed by atoms with Gasteiger partial charge in [-0.05, 0) is 121 Å². The first-order valence-corrected chi connectivity index (χ1v) is 19.4. The summed E-state index contributed by atoms with van der Waals surface area (Å²) >= 11 is 0. The average molecular weight is 702 g/mol. The Labute approximate surface area is 307 Å². The van der Waals surface area contributed by atoms with Gasteiger partial charge in [0.25, 0.3) is 5.91 Å². The van der Waals surface area contributed by atoms with E-state index in [4.69, 9.17) is 0 Å². The fraction of sp³-hybridized carbons (Fsp3) is 0.465. The molecule has 0 saturated carbocycles. The van der Waals surface area contributed by atoms with Gasteiger partial charge in [0.2, 0.25) is 11.8 Å². The van der Waals surface area contributed by atoms with Crippen LogP contribution in [0.5, 0.6) is 5.75 Å². The molecule has 0 unspecified atom stereocenters. The first-order chi connectivity index (χ1) is 25.2. The lowest BCUT2D eigenvalue weighted by atomic mass is 9.86. The molecule has 0 aromatic heterocycles. The van der Waals surface area contributed by atoms with E-state index in [-0.39, 0.29) is 24.1 Å². The number of fused-ring (bicyclic) bond motifs is 2. The highest BCUT2D eigenvalue weighted by atomic mass is 16.3. The first kappa shape index (κ1) is 34.5. The summed E-state index contributed by atoms with van der Waals surface area (Å²) in [7, 11) is 0. The molecule has 5 aliphatic rings. The quantitative estimate of drug-likeness (QED) is 0.293. The number of imide groups is 1. The summed E-state index contributed by atoms with van der Waals surface area (Å²) < 4.78 is 0. The van der Waals surface area contributed by atoms with Crippen LogP contribution in [0.15, 0.2) is 66.2 Å². The summed E-state index contributed by atoms with van der Waals surface area (Å²) in [5, 5.41) is 12.6. The van der Waals surface area contributed by atoms with Crippen LogP contribution in [0.25, 0.3) is 5.57 Å². The van der Waals surface area contributed by atoms with Crippen LogP contribution in [-0.2, 0) is 22.6 Å². The molecule has 4 heterocycles. The molecule has 1 atom stereocenters. The molecule has 3 saturated heterocycles. The van der Waals surface area contributed by atoms with E-state index in [1.54, 1.807) is 4.90 Å². The third-order valence-corrected chi connectivity index (χ3v) is 12.2. The van der Waals surface area contributed by atoms with Crippen molar-refractivity contribution in [1.82, 2.24) is 15.1 Å². The molecule has 2 N–H and O–H groups in total. The second-order valence-corrected chi connectivity index (χ2v) is 15.8. The number of nitrogens with one attached hydrogen (secondary N) is 1. The van der Waals surface area contributed by atoms with Gasteiger partial charge in [0, 0.05) is 75.7 Å². The number of amides is 3. The van der Waals surface area contributed by atoms with Crippen molar-refractivity contribution < 1.29 is 19.5 Å². The number of allylic oxidation sites excluding steroid dienone is 1. The van der Waals surface area contributed by atoms with E-state index in [2.05, 4.69) is 70.3 Å². The molecule has 0 bridgehead atoms. The SMILES string of the molecule is CC(C)C1=C(c2ccc(N3CCC(CN4CCN(c5ccc6c(c5)CN([C@H]5CCC(=O)NC5=O)C6=O)CC4)CC3)cc2)c2ccc(O)cc2CCC1. The highest BCUT2D eigenvalue weighted by molar-refractivity contribution is 6.05. The lowest BCUT2D eigenvalue weighted by Crippen LogP contribution is -2.52. The second kappa shape index (κ2) is 14.4. The van der Waals surface area contributed by atoms with Gasteiger partial charge in [-0.3, -0.25) is 24.6 Å². The Hall–Kier alpha value is -4.63. The number of phenols is 1. The highest BCUT2D eigenvalue weighted by Gasteiger charge is 2.39. The zero-order valence-electron chi connectivity index (χ0n) is 30.6. The smallest absolute Gasteiger partial charge is 0.255 e. The molecule has 9 heteroatoms. The molecule has 8 rings (SSSR count). The molecule has 4 aliphatic heterocycles. The fourth-order valence-electron chi connectivity index (χ4n) is 9.24. The van der Waals surface area contributed by atoms with E-state index in [1.165, 1.54) is 46.4 Å². The number of aromatic hydroxyl groups is 1. The number of carbonyl (C=O) groups is 3. The monoisotopic (exact) mass is 701 g/mol. The number of nitrogens with zero attached hydrogens (tertiary/aromatic N) is 4. The topological polar surface area (TPSA) is 96.4 Å². The summed E-state index contributed by atoms with van der Waals surface area (Å²) in [5.41, 5.74) is 10.7. The minimum atomic E-state index is -0.583. The Morgan fingerprint density at radius 3 is 2.19 bits per heavy atom. The van der Waals surface area contributed by atoms with Gasteiger partial charge in [0.15, 0.2) is 0 Å². The number of anilines is 2. The summed E-state index contributed by atoms with van der Waals surface area (Å²) in [6.45, 7) is 12.3. The van der Waals surface area contributed by atoms with Crippen LogP contribution in [0.3, 0.4) is 0 Å². The van der Waals surface area contributed by atoms with E-state index >= 15 is 0 Å². The van der Waals surface area contributed by atoms with E-state index in [1.807, 2.05) is 24.3 Å². The normalized spacial score (nSPS) is 21.8. The van der Waals surface area contributed by atoms with Crippen molar-refractivity contribution in [2.75, 3.05) is 55.6 Å². The van der Waals surface area contributed by atoms with Crippen molar-refractivity contribution in [3.63, 3.8) is 0 Å². The number of hydrogen-bond acceptors (Lipinski definition) is 7. The number of piperazine rings is 1. The largest absolute Gasteiger partial charge is 0.508 e. The van der Waals surface area contributed by atoms with Crippen molar-refractivity contribution in [2.45, 2.75) is 71.4 Å². The lowest BCUT2D eigenvalue weighted by molar-refractivity contribution is -0.136. The number of benzene rings is 3. The number of hydrogen-bond donors (Lipinski definition) is 2. The van der Waals surface area contributed by atoms with Gasteiger partial charge in [-0.1, -0.05) is 37.6 Å². The van der Waals surface area contributed by atoms with Gasteiger partial charge >= 0.3 is 0 Å². The summed E-state index contributed by atoms with van der Waals surface area (Å²) in [6, 6.07) is 20.6. The molecule has 0 spiro atoms. The summed E-state index contributed by atoms with van der Waals surface area (Å²) in [5.74, 6) is 0.770. The molecular formula is C43H51N5O4. The van der Waals surface area contributed by atoms with Gasteiger partial charge in [-0.15, -0.1) is 0 Å². The third kappa shape index (κ3) is 6.83. The number of carbonyl (C=O) groups excluding carboxylic acids is 3. The van der Waals surface area contributed by atoms with Crippen LogP contribution >= 0.6 is 0 Å². The fourth-order valence-corrected chi connectivity index (χ4v) is 9.24. The van der Waals surface area contributed by atoms with Crippen molar-refractivity contribution >= 4 is 34.7 Å². The molecule has 3 fully saturated rings. The van der Waals surface area contributed by atoms with E-state index in [0.29, 0.717) is 36.1 Å². The van der Waals surface area contributed by atoms with Crippen LogP contribution in [0.4, 0.5) is 11.4 Å². The zero-order chi connectivity index (χ0) is 35.9. The maximum atomic E-state index is 13.1. The van der Waals surface area contributed by atoms with Gasteiger partial charge in [-0.2, -0.15) is 0 Å². The first-order valence-electron chi connectivity index (χ1n) is 19.4.